The van der Waals surface area contributed by atoms with Crippen LogP contribution in [0.2, 0.25) is 0 Å². The summed E-state index contributed by atoms with van der Waals surface area (Å²) in [5.74, 6) is -0.0416. The van der Waals surface area contributed by atoms with E-state index < -0.39 is 18.0 Å². The van der Waals surface area contributed by atoms with E-state index in [1.165, 1.54) is 7.11 Å². The van der Waals surface area contributed by atoms with Crippen LogP contribution in [-0.2, 0) is 11.3 Å². The molecule has 1 aromatic rings. The summed E-state index contributed by atoms with van der Waals surface area (Å²) in [6, 6.07) is 3.76. The Kier molecular flexibility index (Phi) is 6.49. The molecular formula is C15H22N2O5. The number of hydrogen-bond acceptors (Lipinski definition) is 4. The lowest BCUT2D eigenvalue weighted by molar-refractivity contribution is -0.140. The van der Waals surface area contributed by atoms with Gasteiger partial charge in [-0.1, -0.05) is 13.8 Å². The number of ether oxygens (including phenoxy) is 2. The third-order valence-electron chi connectivity index (χ3n) is 3.15. The van der Waals surface area contributed by atoms with Crippen molar-refractivity contribution in [2.45, 2.75) is 26.4 Å². The molecule has 0 saturated heterocycles. The van der Waals surface area contributed by atoms with Crippen LogP contribution in [0.25, 0.3) is 0 Å². The second-order valence-corrected chi connectivity index (χ2v) is 5.06. The summed E-state index contributed by atoms with van der Waals surface area (Å²) in [5.41, 5.74) is 0.759. The van der Waals surface area contributed by atoms with Crippen LogP contribution in [0.1, 0.15) is 19.4 Å². The van der Waals surface area contributed by atoms with Crippen molar-refractivity contribution < 1.29 is 24.2 Å². The van der Waals surface area contributed by atoms with Gasteiger partial charge in [0.25, 0.3) is 0 Å². The van der Waals surface area contributed by atoms with Gasteiger partial charge in [-0.25, -0.2) is 9.59 Å². The van der Waals surface area contributed by atoms with E-state index in [1.807, 2.05) is 0 Å². The summed E-state index contributed by atoms with van der Waals surface area (Å²) in [5, 5.41) is 14.1. The maximum atomic E-state index is 11.8. The predicted molar refractivity (Wildman–Crippen MR) is 81.2 cm³/mol. The molecule has 1 rings (SSSR count). The number of carbonyl (C=O) groups excluding carboxylic acids is 1. The van der Waals surface area contributed by atoms with Crippen molar-refractivity contribution in [3.8, 4) is 11.5 Å². The fraction of sp³-hybridized carbons (Fsp3) is 0.467. The zero-order chi connectivity index (χ0) is 16.7. The fourth-order valence-corrected chi connectivity index (χ4v) is 1.88. The van der Waals surface area contributed by atoms with E-state index in [-0.39, 0.29) is 12.5 Å². The van der Waals surface area contributed by atoms with Gasteiger partial charge in [0, 0.05) is 18.2 Å². The Balaban J connectivity index is 2.66. The number of urea groups is 1. The van der Waals surface area contributed by atoms with Crippen molar-refractivity contribution in [1.29, 1.82) is 0 Å². The van der Waals surface area contributed by atoms with E-state index in [2.05, 4.69) is 10.6 Å². The molecule has 122 valence electrons. The van der Waals surface area contributed by atoms with Crippen molar-refractivity contribution >= 4 is 12.0 Å². The van der Waals surface area contributed by atoms with Gasteiger partial charge in [0.05, 0.1) is 14.2 Å². The minimum absolute atomic E-state index is 0.209. The van der Waals surface area contributed by atoms with Gasteiger partial charge in [-0.05, 0) is 18.1 Å². The highest BCUT2D eigenvalue weighted by Gasteiger charge is 2.23. The van der Waals surface area contributed by atoms with Gasteiger partial charge in [-0.15, -0.1) is 0 Å². The number of carbonyl (C=O) groups is 2. The number of benzene rings is 1. The molecule has 0 bridgehead atoms. The first kappa shape index (κ1) is 17.6. The Morgan fingerprint density at radius 2 is 1.91 bits per heavy atom. The largest absolute Gasteiger partial charge is 0.497 e. The molecule has 3 N–H and O–H groups in total. The summed E-state index contributed by atoms with van der Waals surface area (Å²) < 4.78 is 10.3. The molecule has 7 nitrogen and oxygen atoms in total. The minimum atomic E-state index is -1.06. The standard InChI is InChI=1S/C15H22N2O5/c1-9(2)13(14(18)19)17-15(20)16-8-10-5-6-11(21-3)7-12(10)22-4/h5-7,9,13H,8H2,1-4H3,(H,18,19)(H2,16,17,20)/t13-/m0/s1. The summed E-state index contributed by atoms with van der Waals surface area (Å²) in [6.07, 6.45) is 0. The minimum Gasteiger partial charge on any atom is -0.497 e. The predicted octanol–water partition coefficient (Wildman–Crippen LogP) is 1.61. The highest BCUT2D eigenvalue weighted by Crippen LogP contribution is 2.24. The van der Waals surface area contributed by atoms with Crippen LogP contribution in [-0.4, -0.2) is 37.4 Å². The molecule has 0 heterocycles. The summed E-state index contributed by atoms with van der Waals surface area (Å²) in [6.45, 7) is 3.67. The lowest BCUT2D eigenvalue weighted by Crippen LogP contribution is -2.48. The number of nitrogens with one attached hydrogen (secondary N) is 2. The Morgan fingerprint density at radius 3 is 2.41 bits per heavy atom. The quantitative estimate of drug-likeness (QED) is 0.711. The second-order valence-electron chi connectivity index (χ2n) is 5.06. The van der Waals surface area contributed by atoms with Gasteiger partial charge < -0.3 is 25.2 Å². The molecule has 0 aliphatic rings. The SMILES string of the molecule is COc1ccc(CNC(=O)N[C@H](C(=O)O)C(C)C)c(OC)c1. The Hall–Kier alpha value is -2.44. The number of aliphatic carboxylic acids is 1. The van der Waals surface area contributed by atoms with Crippen molar-refractivity contribution in [3.63, 3.8) is 0 Å². The van der Waals surface area contributed by atoms with Gasteiger partial charge in [0.2, 0.25) is 0 Å². The molecule has 2 amide bonds. The molecule has 0 spiro atoms. The van der Waals surface area contributed by atoms with Gasteiger partial charge in [-0.2, -0.15) is 0 Å². The van der Waals surface area contributed by atoms with Crippen molar-refractivity contribution in [2.75, 3.05) is 14.2 Å². The lowest BCUT2D eigenvalue weighted by Gasteiger charge is -2.18. The molecule has 0 aliphatic carbocycles. The summed E-state index contributed by atoms with van der Waals surface area (Å²) in [4.78, 5) is 22.9. The van der Waals surface area contributed by atoms with Crippen molar-refractivity contribution in [2.24, 2.45) is 5.92 Å². The molecule has 1 aromatic carbocycles. The van der Waals surface area contributed by atoms with Crippen LogP contribution in [0, 0.1) is 5.92 Å². The molecule has 0 unspecified atom stereocenters. The first-order chi connectivity index (χ1) is 10.4. The molecule has 22 heavy (non-hydrogen) atoms. The highest BCUT2D eigenvalue weighted by atomic mass is 16.5. The average molecular weight is 310 g/mol. The molecule has 0 radical (unpaired) electrons. The first-order valence-electron chi connectivity index (χ1n) is 6.87. The van der Waals surface area contributed by atoms with Gasteiger partial charge in [-0.3, -0.25) is 0 Å². The number of carboxylic acids is 1. The van der Waals surface area contributed by atoms with Crippen LogP contribution in [0.3, 0.4) is 0 Å². The molecule has 0 fully saturated rings. The maximum absolute atomic E-state index is 11.8. The van der Waals surface area contributed by atoms with Crippen molar-refractivity contribution in [3.05, 3.63) is 23.8 Å². The monoisotopic (exact) mass is 310 g/mol. The van der Waals surface area contributed by atoms with E-state index in [1.54, 1.807) is 39.2 Å². The summed E-state index contributed by atoms with van der Waals surface area (Å²) >= 11 is 0. The molecule has 7 heteroatoms. The van der Waals surface area contributed by atoms with Gasteiger partial charge in [0.15, 0.2) is 0 Å². The van der Waals surface area contributed by atoms with Crippen LogP contribution in [0.15, 0.2) is 18.2 Å². The van der Waals surface area contributed by atoms with Crippen molar-refractivity contribution in [1.82, 2.24) is 10.6 Å². The van der Waals surface area contributed by atoms with E-state index >= 15 is 0 Å². The Morgan fingerprint density at radius 1 is 1.23 bits per heavy atom. The number of rotatable bonds is 7. The smallest absolute Gasteiger partial charge is 0.326 e. The van der Waals surface area contributed by atoms with Gasteiger partial charge in [0.1, 0.15) is 17.5 Å². The zero-order valence-corrected chi connectivity index (χ0v) is 13.2. The topological polar surface area (TPSA) is 96.9 Å². The van der Waals surface area contributed by atoms with E-state index in [4.69, 9.17) is 14.6 Å². The van der Waals surface area contributed by atoms with Crippen LogP contribution in [0.4, 0.5) is 4.79 Å². The molecule has 0 aliphatic heterocycles. The highest BCUT2D eigenvalue weighted by molar-refractivity contribution is 5.82. The second kappa shape index (κ2) is 8.11. The zero-order valence-electron chi connectivity index (χ0n) is 13.2. The Labute approximate surface area is 129 Å². The van der Waals surface area contributed by atoms with E-state index in [9.17, 15) is 9.59 Å². The van der Waals surface area contributed by atoms with Crippen LogP contribution in [0.5, 0.6) is 11.5 Å². The van der Waals surface area contributed by atoms with Gasteiger partial charge >= 0.3 is 12.0 Å². The van der Waals surface area contributed by atoms with E-state index in [0.29, 0.717) is 11.5 Å². The number of amides is 2. The normalized spacial score (nSPS) is 11.7. The fourth-order valence-electron chi connectivity index (χ4n) is 1.88. The number of methoxy groups -OCH3 is 2. The average Bonchev–Trinajstić information content (AvgIpc) is 2.49. The summed E-state index contributed by atoms with van der Waals surface area (Å²) in [7, 11) is 3.08. The van der Waals surface area contributed by atoms with E-state index in [0.717, 1.165) is 5.56 Å². The van der Waals surface area contributed by atoms with Crippen LogP contribution >= 0.6 is 0 Å². The maximum Gasteiger partial charge on any atom is 0.326 e. The number of carboxylic acid groups (broad SMARTS) is 1. The first-order valence-corrected chi connectivity index (χ1v) is 6.87. The molecule has 0 aromatic heterocycles. The molecule has 1 atom stereocenters. The molecular weight excluding hydrogens is 288 g/mol. The third-order valence-corrected chi connectivity index (χ3v) is 3.15. The number of hydrogen-bond donors (Lipinski definition) is 3. The Bertz CT molecular complexity index is 531. The lowest BCUT2D eigenvalue weighted by atomic mass is 10.1. The molecule has 0 saturated carbocycles. The van der Waals surface area contributed by atoms with Crippen LogP contribution < -0.4 is 20.1 Å². The third kappa shape index (κ3) is 4.83.